The lowest BCUT2D eigenvalue weighted by atomic mass is 9.86. The maximum Gasteiger partial charge on any atom is 0.306 e. The third-order valence-electron chi connectivity index (χ3n) is 12.7. The molecule has 4 heterocycles. The number of carbonyl (C=O) groups excluding carboxylic acids is 4. The number of hydrogen-bond donors (Lipinski definition) is 2. The summed E-state index contributed by atoms with van der Waals surface area (Å²) in [4.78, 5) is 63.4. The molecule has 1 aromatic heterocycles. The third-order valence-corrected chi connectivity index (χ3v) is 14.8. The van der Waals surface area contributed by atoms with Crippen LogP contribution in [0.2, 0.25) is 0 Å². The molecule has 1 saturated heterocycles. The van der Waals surface area contributed by atoms with Crippen molar-refractivity contribution in [3.8, 4) is 11.5 Å². The number of carbonyl (C=O) groups is 4. The SMILES string of the molecule is COc1ccc2nc(C(C)C)c3c(c2c1)CC[C@]1(C[C@H]2C(=O)N[C@]4(C(=O)NS(=O)(=O)C5(C)CC5)C[C@H]4/C=C\CCCCC[C@H](CC(=O)OCC(C)C)C(=O)N2C1)O3. The van der Waals surface area contributed by atoms with E-state index in [1.54, 1.807) is 18.9 Å². The summed E-state index contributed by atoms with van der Waals surface area (Å²) in [6, 6.07) is 4.73. The predicted octanol–water partition coefficient (Wildman–Crippen LogP) is 5.63. The number of sulfonamides is 1. The molecule has 2 N–H and O–H groups in total. The Morgan fingerprint density at radius 2 is 1.86 bits per heavy atom. The highest BCUT2D eigenvalue weighted by Crippen LogP contribution is 2.50. The smallest absolute Gasteiger partial charge is 0.306 e. The van der Waals surface area contributed by atoms with Crippen molar-refractivity contribution in [2.24, 2.45) is 17.8 Å². The van der Waals surface area contributed by atoms with E-state index in [0.29, 0.717) is 50.0 Å². The molecule has 2 aliphatic carbocycles. The van der Waals surface area contributed by atoms with Crippen molar-refractivity contribution in [1.29, 1.82) is 0 Å². The molecule has 2 aromatic rings. The van der Waals surface area contributed by atoms with Gasteiger partial charge in [-0.05, 0) is 88.3 Å². The fourth-order valence-electron chi connectivity index (χ4n) is 8.70. The largest absolute Gasteiger partial charge is 0.497 e. The molecule has 1 aromatic carbocycles. The molecular formula is C43H58N4O9S. The van der Waals surface area contributed by atoms with Crippen LogP contribution in [0.4, 0.5) is 0 Å². The number of ether oxygens (including phenoxy) is 3. The van der Waals surface area contributed by atoms with Gasteiger partial charge in [-0.3, -0.25) is 23.9 Å². The molecule has 13 nitrogen and oxygen atoms in total. The first-order chi connectivity index (χ1) is 27.0. The maximum absolute atomic E-state index is 14.9. The summed E-state index contributed by atoms with van der Waals surface area (Å²) in [5, 5.41) is 3.90. The van der Waals surface area contributed by atoms with Gasteiger partial charge in [-0.2, -0.15) is 0 Å². The molecule has 3 amide bonds. The van der Waals surface area contributed by atoms with Crippen LogP contribution >= 0.6 is 0 Å². The molecule has 7 rings (SSSR count). The van der Waals surface area contributed by atoms with Crippen molar-refractivity contribution in [3.05, 3.63) is 41.6 Å². The molecule has 0 bridgehead atoms. The van der Waals surface area contributed by atoms with Crippen molar-refractivity contribution in [1.82, 2.24) is 19.9 Å². The van der Waals surface area contributed by atoms with Crippen LogP contribution in [0.1, 0.15) is 122 Å². The molecule has 0 unspecified atom stereocenters. The maximum atomic E-state index is 14.9. The molecule has 1 spiro atoms. The fourth-order valence-corrected chi connectivity index (χ4v) is 10.0. The number of aryl methyl sites for hydroxylation is 1. The summed E-state index contributed by atoms with van der Waals surface area (Å²) >= 11 is 0. The van der Waals surface area contributed by atoms with Crippen LogP contribution in [0, 0.1) is 17.8 Å². The Hall–Kier alpha value is -4.20. The zero-order valence-corrected chi connectivity index (χ0v) is 35.0. The molecule has 0 radical (unpaired) electrons. The Balaban J connectivity index is 1.25. The van der Waals surface area contributed by atoms with E-state index in [1.807, 2.05) is 44.2 Å². The molecule has 5 atom stereocenters. The van der Waals surface area contributed by atoms with E-state index in [2.05, 4.69) is 23.9 Å². The van der Waals surface area contributed by atoms with Crippen molar-refractivity contribution in [3.63, 3.8) is 0 Å². The number of fused-ring (bicyclic) bond motifs is 5. The molecule has 14 heteroatoms. The molecule has 57 heavy (non-hydrogen) atoms. The number of esters is 1. The van der Waals surface area contributed by atoms with Gasteiger partial charge in [-0.25, -0.2) is 13.4 Å². The number of nitrogens with zero attached hydrogens (tertiary/aromatic N) is 2. The minimum absolute atomic E-state index is 0.00540. The minimum Gasteiger partial charge on any atom is -0.497 e. The summed E-state index contributed by atoms with van der Waals surface area (Å²) in [6.45, 7) is 9.94. The summed E-state index contributed by atoms with van der Waals surface area (Å²) in [7, 11) is -2.37. The molecular weight excluding hydrogens is 749 g/mol. The molecule has 3 fully saturated rings. The van der Waals surface area contributed by atoms with Crippen molar-refractivity contribution in [2.45, 2.75) is 140 Å². The first-order valence-corrected chi connectivity index (χ1v) is 22.2. The number of methoxy groups -OCH3 is 1. The van der Waals surface area contributed by atoms with Gasteiger partial charge < -0.3 is 24.4 Å². The lowest BCUT2D eigenvalue weighted by molar-refractivity contribution is -0.151. The van der Waals surface area contributed by atoms with Crippen LogP contribution in [0.3, 0.4) is 0 Å². The quantitative estimate of drug-likeness (QED) is 0.239. The number of rotatable bonds is 9. The number of allylic oxidation sites excluding steroid dienone is 1. The van der Waals surface area contributed by atoms with Crippen LogP contribution in [0.5, 0.6) is 11.5 Å². The average Bonchev–Trinajstić information content (AvgIpc) is 4.06. The Morgan fingerprint density at radius 3 is 2.56 bits per heavy atom. The highest BCUT2D eigenvalue weighted by Gasteiger charge is 2.64. The Morgan fingerprint density at radius 1 is 1.09 bits per heavy atom. The van der Waals surface area contributed by atoms with E-state index in [1.165, 1.54) is 0 Å². The number of aromatic nitrogens is 1. The van der Waals surface area contributed by atoms with Gasteiger partial charge in [0.2, 0.25) is 21.8 Å². The van der Waals surface area contributed by atoms with Crippen LogP contribution in [-0.4, -0.2) is 84.2 Å². The number of hydrogen-bond acceptors (Lipinski definition) is 10. The summed E-state index contributed by atoms with van der Waals surface area (Å²) < 4.78 is 45.9. The van der Waals surface area contributed by atoms with Gasteiger partial charge in [0.15, 0.2) is 0 Å². The number of benzene rings is 1. The van der Waals surface area contributed by atoms with Gasteiger partial charge in [-0.1, -0.05) is 52.7 Å². The second-order valence-corrected chi connectivity index (χ2v) is 20.2. The van der Waals surface area contributed by atoms with Gasteiger partial charge in [0, 0.05) is 29.2 Å². The monoisotopic (exact) mass is 806 g/mol. The second-order valence-electron chi connectivity index (χ2n) is 18.0. The number of pyridine rings is 1. The summed E-state index contributed by atoms with van der Waals surface area (Å²) in [5.41, 5.74) is 0.130. The fraction of sp³-hybridized carbons (Fsp3) is 0.651. The topological polar surface area (TPSA) is 170 Å². The Kier molecular flexibility index (Phi) is 11.2. The third kappa shape index (κ3) is 8.12. The zero-order chi connectivity index (χ0) is 40.9. The zero-order valence-electron chi connectivity index (χ0n) is 34.1. The van der Waals surface area contributed by atoms with Crippen LogP contribution in [0.15, 0.2) is 30.4 Å². The first-order valence-electron chi connectivity index (χ1n) is 20.7. The normalized spacial score (nSPS) is 29.0. The van der Waals surface area contributed by atoms with Gasteiger partial charge in [-0.15, -0.1) is 0 Å². The highest BCUT2D eigenvalue weighted by atomic mass is 32.2. The molecule has 2 saturated carbocycles. The lowest BCUT2D eigenvalue weighted by Gasteiger charge is -2.37. The van der Waals surface area contributed by atoms with Crippen LogP contribution in [-0.2, 0) is 40.4 Å². The minimum atomic E-state index is -3.98. The van der Waals surface area contributed by atoms with E-state index in [9.17, 15) is 27.6 Å². The van der Waals surface area contributed by atoms with E-state index < -0.39 is 61.6 Å². The summed E-state index contributed by atoms with van der Waals surface area (Å²) in [5.74, 6) is -1.80. The van der Waals surface area contributed by atoms with Crippen molar-refractivity contribution >= 4 is 44.6 Å². The molecule has 310 valence electrons. The standard InChI is InChI=1S/C43H58N4O9S/c1-26(2)24-55-35(48)20-28-12-10-8-7-9-11-13-29-22-43(29,40(51)46-57(52,53)41(5)18-19-41)45-38(49)34-23-42(25-47(34)39(28)50)17-16-31-32-21-30(54-6)14-15-33(32)44-36(27(3)4)37(31)56-42/h11,13-15,21,26-29,34H,7-10,12,16-20,22-25H2,1-6H3,(H,45,49)(H,46,51)/b13-11-/t28-,29-,34+,42-,43-/m1/s1. The summed E-state index contributed by atoms with van der Waals surface area (Å²) in [6.07, 6.45) is 9.64. The van der Waals surface area contributed by atoms with Gasteiger partial charge in [0.05, 0.1) is 42.6 Å². The molecule has 5 aliphatic rings. The Labute approximate surface area is 336 Å². The van der Waals surface area contributed by atoms with E-state index in [0.717, 1.165) is 41.4 Å². The number of amides is 3. The lowest BCUT2D eigenvalue weighted by Crippen LogP contribution is -2.57. The average molecular weight is 807 g/mol. The van der Waals surface area contributed by atoms with Gasteiger partial charge in [0.1, 0.15) is 28.7 Å². The second kappa shape index (κ2) is 15.5. The van der Waals surface area contributed by atoms with Crippen molar-refractivity contribution < 1.29 is 41.8 Å². The molecule has 3 aliphatic heterocycles. The van der Waals surface area contributed by atoms with E-state index >= 15 is 0 Å². The van der Waals surface area contributed by atoms with Gasteiger partial charge in [0.25, 0.3) is 5.91 Å². The highest BCUT2D eigenvalue weighted by molar-refractivity contribution is 7.91. The predicted molar refractivity (Wildman–Crippen MR) is 214 cm³/mol. The first kappa shape index (κ1) is 41.0. The van der Waals surface area contributed by atoms with E-state index in [4.69, 9.17) is 19.2 Å². The van der Waals surface area contributed by atoms with Crippen LogP contribution < -0.4 is 19.5 Å². The van der Waals surface area contributed by atoms with Gasteiger partial charge >= 0.3 is 5.97 Å². The van der Waals surface area contributed by atoms with E-state index in [-0.39, 0.29) is 50.2 Å². The number of nitrogens with one attached hydrogen (secondary N) is 2. The van der Waals surface area contributed by atoms with Crippen LogP contribution in [0.25, 0.3) is 10.9 Å². The Bertz CT molecular complexity index is 2080. The van der Waals surface area contributed by atoms with Crippen molar-refractivity contribution in [2.75, 3.05) is 20.3 Å².